The molecule has 3 aliphatic rings. The second kappa shape index (κ2) is 10.0. The highest BCUT2D eigenvalue weighted by molar-refractivity contribution is 7.89. The highest BCUT2D eigenvalue weighted by atomic mass is 32.2. The molecule has 9 nitrogen and oxygen atoms in total. The molecule has 2 aromatic rings. The molecule has 0 spiro atoms. The number of rotatable bonds is 8. The number of carbonyl (C=O) groups is 1. The van der Waals surface area contributed by atoms with Crippen molar-refractivity contribution < 1.29 is 22.5 Å². The third kappa shape index (κ3) is 5.02. The molecule has 10 heteroatoms. The van der Waals surface area contributed by atoms with Crippen molar-refractivity contribution in [2.45, 2.75) is 37.6 Å². The Hall–Kier alpha value is -2.27. The molecule has 3 aliphatic heterocycles. The van der Waals surface area contributed by atoms with Gasteiger partial charge in [0.05, 0.1) is 18.6 Å². The first-order chi connectivity index (χ1) is 16.8. The molecular formula is C25H34N4O5S. The van der Waals surface area contributed by atoms with Crippen LogP contribution in [0.25, 0.3) is 0 Å². The first-order valence-corrected chi connectivity index (χ1v) is 13.9. The normalized spacial score (nSPS) is 26.2. The fourth-order valence-electron chi connectivity index (χ4n) is 5.75. The van der Waals surface area contributed by atoms with Crippen molar-refractivity contribution in [3.8, 4) is 0 Å². The molecule has 1 N–H and O–H groups in total. The molecule has 4 heterocycles. The molecule has 35 heavy (non-hydrogen) atoms. The SMILES string of the molecule is Cc1noc(C)c1S(=O)(=O)N1CC2CN(CCC(NC(=O)C3CCOC3)c3ccccc3)C[C@H]2C1. The van der Waals surface area contributed by atoms with E-state index in [0.717, 1.165) is 38.0 Å². The van der Waals surface area contributed by atoms with E-state index in [4.69, 9.17) is 9.26 Å². The van der Waals surface area contributed by atoms with Gasteiger partial charge < -0.3 is 19.5 Å². The van der Waals surface area contributed by atoms with E-state index in [-0.39, 0.29) is 22.8 Å². The molecule has 1 aromatic carbocycles. The van der Waals surface area contributed by atoms with Gasteiger partial charge in [0.25, 0.3) is 0 Å². The summed E-state index contributed by atoms with van der Waals surface area (Å²) in [4.78, 5) is 15.4. The van der Waals surface area contributed by atoms with Crippen molar-refractivity contribution >= 4 is 15.9 Å². The van der Waals surface area contributed by atoms with Crippen molar-refractivity contribution in [3.63, 3.8) is 0 Å². The Bertz CT molecular complexity index is 1110. The van der Waals surface area contributed by atoms with Crippen LogP contribution in [0.2, 0.25) is 0 Å². The minimum absolute atomic E-state index is 0.0545. The largest absolute Gasteiger partial charge is 0.381 e. The van der Waals surface area contributed by atoms with E-state index in [1.807, 2.05) is 18.2 Å². The van der Waals surface area contributed by atoms with E-state index < -0.39 is 10.0 Å². The fraction of sp³-hybridized carbons (Fsp3) is 0.600. The molecule has 0 radical (unpaired) electrons. The number of benzene rings is 1. The predicted molar refractivity (Wildman–Crippen MR) is 129 cm³/mol. The maximum atomic E-state index is 13.2. The lowest BCUT2D eigenvalue weighted by Crippen LogP contribution is -2.37. The molecule has 5 rings (SSSR count). The number of amides is 1. The van der Waals surface area contributed by atoms with Gasteiger partial charge in [-0.1, -0.05) is 35.5 Å². The summed E-state index contributed by atoms with van der Waals surface area (Å²) in [5.41, 5.74) is 1.52. The smallest absolute Gasteiger partial charge is 0.248 e. The molecule has 3 saturated heterocycles. The van der Waals surface area contributed by atoms with Crippen LogP contribution in [-0.2, 0) is 19.6 Å². The van der Waals surface area contributed by atoms with Crippen LogP contribution in [-0.4, -0.2) is 74.6 Å². The standard InChI is InChI=1S/C25H34N4O5S/c1-17-24(18(2)34-27-17)35(31,32)29-14-21-12-28(13-22(21)15-29)10-8-23(19-6-4-3-5-7-19)26-25(30)20-9-11-33-16-20/h3-7,20-23H,8-16H2,1-2H3,(H,26,30)/t20?,21-,22?,23?/m0/s1. The third-order valence-corrected chi connectivity index (χ3v) is 9.72. The van der Waals surface area contributed by atoms with Gasteiger partial charge >= 0.3 is 0 Å². The second-order valence-electron chi connectivity index (χ2n) is 10.1. The van der Waals surface area contributed by atoms with Gasteiger partial charge in [-0.3, -0.25) is 4.79 Å². The van der Waals surface area contributed by atoms with Gasteiger partial charge in [0.15, 0.2) is 5.76 Å². The van der Waals surface area contributed by atoms with Gasteiger partial charge in [0.1, 0.15) is 10.6 Å². The van der Waals surface area contributed by atoms with E-state index >= 15 is 0 Å². The highest BCUT2D eigenvalue weighted by Crippen LogP contribution is 2.36. The minimum atomic E-state index is -3.60. The lowest BCUT2D eigenvalue weighted by molar-refractivity contribution is -0.125. The summed E-state index contributed by atoms with van der Waals surface area (Å²) in [5.74, 6) is 0.962. The van der Waals surface area contributed by atoms with E-state index in [1.165, 1.54) is 0 Å². The number of aromatic nitrogens is 1. The first kappa shape index (κ1) is 24.4. The summed E-state index contributed by atoms with van der Waals surface area (Å²) in [6.07, 6.45) is 1.58. The molecule has 1 aromatic heterocycles. The lowest BCUT2D eigenvalue weighted by atomic mass is 10.0. The second-order valence-corrected chi connectivity index (χ2v) is 12.0. The minimum Gasteiger partial charge on any atom is -0.381 e. The monoisotopic (exact) mass is 502 g/mol. The Kier molecular flexibility index (Phi) is 6.98. The van der Waals surface area contributed by atoms with Crippen LogP contribution in [0.1, 0.15) is 35.9 Å². The predicted octanol–water partition coefficient (Wildman–Crippen LogP) is 2.13. The number of nitrogens with zero attached hydrogens (tertiary/aromatic N) is 3. The van der Waals surface area contributed by atoms with Crippen molar-refractivity contribution in [3.05, 3.63) is 47.3 Å². The van der Waals surface area contributed by atoms with Crippen LogP contribution >= 0.6 is 0 Å². The summed E-state index contributed by atoms with van der Waals surface area (Å²) in [6.45, 7) is 8.09. The van der Waals surface area contributed by atoms with E-state index in [1.54, 1.807) is 18.2 Å². The first-order valence-electron chi connectivity index (χ1n) is 12.4. The van der Waals surface area contributed by atoms with E-state index in [0.29, 0.717) is 49.6 Å². The molecule has 0 saturated carbocycles. The number of nitrogens with one attached hydrogen (secondary N) is 1. The van der Waals surface area contributed by atoms with Crippen LogP contribution in [0.5, 0.6) is 0 Å². The van der Waals surface area contributed by atoms with Gasteiger partial charge in [-0.05, 0) is 44.1 Å². The molecule has 1 amide bonds. The Balaban J connectivity index is 1.19. The van der Waals surface area contributed by atoms with Crippen LogP contribution in [0, 0.1) is 31.6 Å². The Labute approximate surface area is 206 Å². The maximum absolute atomic E-state index is 13.2. The van der Waals surface area contributed by atoms with E-state index in [9.17, 15) is 13.2 Å². The summed E-state index contributed by atoms with van der Waals surface area (Å²) < 4.78 is 38.5. The van der Waals surface area contributed by atoms with Gasteiger partial charge in [0.2, 0.25) is 15.9 Å². The summed E-state index contributed by atoms with van der Waals surface area (Å²) in [7, 11) is -3.60. The average molecular weight is 503 g/mol. The number of sulfonamides is 1. The molecule has 3 fully saturated rings. The van der Waals surface area contributed by atoms with Crippen LogP contribution in [0.15, 0.2) is 39.8 Å². The summed E-state index contributed by atoms with van der Waals surface area (Å²) in [5, 5.41) is 7.08. The zero-order valence-corrected chi connectivity index (χ0v) is 21.2. The lowest BCUT2D eigenvalue weighted by Gasteiger charge is -2.25. The van der Waals surface area contributed by atoms with Crippen molar-refractivity contribution in [1.29, 1.82) is 0 Å². The van der Waals surface area contributed by atoms with Crippen LogP contribution < -0.4 is 5.32 Å². The van der Waals surface area contributed by atoms with Crippen molar-refractivity contribution in [2.75, 3.05) is 45.9 Å². The summed E-state index contributed by atoms with van der Waals surface area (Å²) >= 11 is 0. The Morgan fingerprint density at radius 3 is 2.46 bits per heavy atom. The molecule has 190 valence electrons. The number of likely N-dealkylation sites (tertiary alicyclic amines) is 1. The Morgan fingerprint density at radius 1 is 1.14 bits per heavy atom. The van der Waals surface area contributed by atoms with Crippen molar-refractivity contribution in [1.82, 2.24) is 19.7 Å². The average Bonchev–Trinajstić information content (AvgIpc) is 3.61. The van der Waals surface area contributed by atoms with Crippen LogP contribution in [0.3, 0.4) is 0 Å². The molecule has 3 unspecified atom stereocenters. The fourth-order valence-corrected chi connectivity index (χ4v) is 7.59. The topological polar surface area (TPSA) is 105 Å². The molecule has 0 aliphatic carbocycles. The number of fused-ring (bicyclic) bond motifs is 1. The van der Waals surface area contributed by atoms with Gasteiger partial charge in [-0.2, -0.15) is 4.31 Å². The quantitative estimate of drug-likeness (QED) is 0.590. The Morgan fingerprint density at radius 2 is 1.86 bits per heavy atom. The number of hydrogen-bond donors (Lipinski definition) is 1. The maximum Gasteiger partial charge on any atom is 0.248 e. The highest BCUT2D eigenvalue weighted by Gasteiger charge is 2.45. The number of ether oxygens (including phenoxy) is 1. The van der Waals surface area contributed by atoms with E-state index in [2.05, 4.69) is 27.5 Å². The van der Waals surface area contributed by atoms with Gasteiger partial charge in [-0.25, -0.2) is 8.42 Å². The zero-order valence-electron chi connectivity index (χ0n) is 20.4. The number of hydrogen-bond acceptors (Lipinski definition) is 7. The molecule has 0 bridgehead atoms. The molecule has 4 atom stereocenters. The number of carbonyl (C=O) groups excluding carboxylic acids is 1. The molecular weight excluding hydrogens is 468 g/mol. The third-order valence-electron chi connectivity index (χ3n) is 7.65. The van der Waals surface area contributed by atoms with Crippen LogP contribution in [0.4, 0.5) is 0 Å². The summed E-state index contributed by atoms with van der Waals surface area (Å²) in [6, 6.07) is 10.1. The zero-order chi connectivity index (χ0) is 24.6. The number of aryl methyl sites for hydroxylation is 2. The van der Waals surface area contributed by atoms with Gasteiger partial charge in [0, 0.05) is 39.3 Å². The van der Waals surface area contributed by atoms with Gasteiger partial charge in [-0.15, -0.1) is 0 Å². The van der Waals surface area contributed by atoms with Crippen molar-refractivity contribution in [2.24, 2.45) is 17.8 Å².